The fourth-order valence-corrected chi connectivity index (χ4v) is 4.45. The predicted molar refractivity (Wildman–Crippen MR) is 110 cm³/mol. The zero-order valence-corrected chi connectivity index (χ0v) is 17.0. The number of aryl methyl sites for hydroxylation is 2. The third-order valence-corrected chi connectivity index (χ3v) is 6.29. The molecular weight excluding hydrogens is 408 g/mol. The van der Waals surface area contributed by atoms with E-state index in [0.717, 1.165) is 11.6 Å². The zero-order valence-electron chi connectivity index (χ0n) is 16.2. The van der Waals surface area contributed by atoms with Crippen molar-refractivity contribution in [2.24, 2.45) is 0 Å². The first-order chi connectivity index (χ1) is 14.3. The van der Waals surface area contributed by atoms with Crippen LogP contribution in [0.3, 0.4) is 0 Å². The average molecular weight is 428 g/mol. The second-order valence-corrected chi connectivity index (χ2v) is 8.73. The minimum absolute atomic E-state index is 0.00705. The number of ether oxygens (including phenoxy) is 1. The summed E-state index contributed by atoms with van der Waals surface area (Å²) in [7, 11) is -3.63. The highest BCUT2D eigenvalue weighted by Crippen LogP contribution is 2.20. The van der Waals surface area contributed by atoms with Crippen molar-refractivity contribution in [3.63, 3.8) is 0 Å². The SMILES string of the molecule is Cc1ccccc1S(=O)(=O)CCc1cc(=O)c(OCc2ccccc2)c(C(=O)O)o1. The molecule has 156 valence electrons. The molecule has 0 unspecified atom stereocenters. The van der Waals surface area contributed by atoms with E-state index < -0.39 is 32.7 Å². The Hall–Kier alpha value is -3.39. The van der Waals surface area contributed by atoms with Gasteiger partial charge < -0.3 is 14.3 Å². The number of benzene rings is 2. The fourth-order valence-electron chi connectivity index (χ4n) is 2.91. The van der Waals surface area contributed by atoms with E-state index in [1.807, 2.05) is 6.07 Å². The van der Waals surface area contributed by atoms with Gasteiger partial charge in [0.1, 0.15) is 12.4 Å². The molecule has 0 saturated heterocycles. The van der Waals surface area contributed by atoms with Crippen molar-refractivity contribution in [2.75, 3.05) is 5.75 Å². The average Bonchev–Trinajstić information content (AvgIpc) is 2.72. The van der Waals surface area contributed by atoms with Crippen molar-refractivity contribution < 1.29 is 27.5 Å². The number of carboxylic acids is 1. The fraction of sp³-hybridized carbons (Fsp3) is 0.182. The van der Waals surface area contributed by atoms with E-state index in [9.17, 15) is 23.1 Å². The molecule has 3 rings (SSSR count). The van der Waals surface area contributed by atoms with Crippen LogP contribution in [0.4, 0.5) is 0 Å². The summed E-state index contributed by atoms with van der Waals surface area (Å²) in [5.41, 5.74) is 0.675. The third kappa shape index (κ3) is 4.96. The molecule has 3 aromatic rings. The Labute approximate surface area is 173 Å². The first-order valence-electron chi connectivity index (χ1n) is 9.13. The number of rotatable bonds is 8. The lowest BCUT2D eigenvalue weighted by molar-refractivity contribution is 0.0647. The molecule has 1 N–H and O–H groups in total. The number of hydrogen-bond donors (Lipinski definition) is 1. The van der Waals surface area contributed by atoms with E-state index >= 15 is 0 Å². The molecule has 0 saturated carbocycles. The lowest BCUT2D eigenvalue weighted by atomic mass is 10.2. The van der Waals surface area contributed by atoms with Gasteiger partial charge in [-0.05, 0) is 24.1 Å². The van der Waals surface area contributed by atoms with E-state index in [2.05, 4.69) is 0 Å². The van der Waals surface area contributed by atoms with E-state index in [-0.39, 0.29) is 29.4 Å². The Morgan fingerprint density at radius 3 is 2.40 bits per heavy atom. The van der Waals surface area contributed by atoms with Gasteiger partial charge in [0.15, 0.2) is 9.84 Å². The number of carbonyl (C=O) groups is 1. The van der Waals surface area contributed by atoms with E-state index in [0.29, 0.717) is 5.56 Å². The number of sulfone groups is 1. The Bertz CT molecular complexity index is 1210. The van der Waals surface area contributed by atoms with Gasteiger partial charge >= 0.3 is 5.97 Å². The molecule has 0 spiro atoms. The van der Waals surface area contributed by atoms with E-state index in [4.69, 9.17) is 9.15 Å². The van der Waals surface area contributed by atoms with Crippen LogP contribution in [0.2, 0.25) is 0 Å². The van der Waals surface area contributed by atoms with Crippen molar-refractivity contribution in [1.29, 1.82) is 0 Å². The smallest absolute Gasteiger partial charge is 0.375 e. The minimum Gasteiger partial charge on any atom is -0.481 e. The summed E-state index contributed by atoms with van der Waals surface area (Å²) < 4.78 is 35.9. The zero-order chi connectivity index (χ0) is 21.7. The quantitative estimate of drug-likeness (QED) is 0.586. The molecule has 0 atom stereocenters. The monoisotopic (exact) mass is 428 g/mol. The molecule has 0 aliphatic heterocycles. The number of carboxylic acid groups (broad SMARTS) is 1. The molecule has 0 amide bonds. The normalized spacial score (nSPS) is 11.2. The van der Waals surface area contributed by atoms with Crippen LogP contribution in [0, 0.1) is 6.92 Å². The standard InChI is InChI=1S/C22H20O7S/c1-15-7-5-6-10-19(15)30(26,27)12-11-17-13-18(23)20(21(29-17)22(24)25)28-14-16-8-3-2-4-9-16/h2-10,13H,11-12,14H2,1H3,(H,24,25). The van der Waals surface area contributed by atoms with E-state index in [1.54, 1.807) is 49.4 Å². The van der Waals surface area contributed by atoms with Crippen LogP contribution in [-0.4, -0.2) is 25.2 Å². The summed E-state index contributed by atoms with van der Waals surface area (Å²) in [5.74, 6) is -2.91. The molecular formula is C22H20O7S. The van der Waals surface area contributed by atoms with Crippen molar-refractivity contribution in [3.8, 4) is 5.75 Å². The molecule has 8 heteroatoms. The molecule has 1 aromatic heterocycles. The maximum Gasteiger partial charge on any atom is 0.375 e. The molecule has 0 aliphatic rings. The van der Waals surface area contributed by atoms with Crippen LogP contribution in [0.1, 0.15) is 27.4 Å². The van der Waals surface area contributed by atoms with Crippen LogP contribution in [0.25, 0.3) is 0 Å². The van der Waals surface area contributed by atoms with Crippen LogP contribution in [0.5, 0.6) is 5.75 Å². The van der Waals surface area contributed by atoms with Gasteiger partial charge in [-0.25, -0.2) is 13.2 Å². The van der Waals surface area contributed by atoms with Crippen LogP contribution >= 0.6 is 0 Å². The highest BCUT2D eigenvalue weighted by Gasteiger charge is 2.22. The molecule has 2 aromatic carbocycles. The van der Waals surface area contributed by atoms with Gasteiger partial charge in [-0.1, -0.05) is 48.5 Å². The highest BCUT2D eigenvalue weighted by atomic mass is 32.2. The predicted octanol–water partition coefficient (Wildman–Crippen LogP) is 3.24. The van der Waals surface area contributed by atoms with Gasteiger partial charge in [0.05, 0.1) is 10.6 Å². The second-order valence-electron chi connectivity index (χ2n) is 6.65. The summed E-state index contributed by atoms with van der Waals surface area (Å²) in [4.78, 5) is 24.2. The Morgan fingerprint density at radius 2 is 1.73 bits per heavy atom. The summed E-state index contributed by atoms with van der Waals surface area (Å²) in [6.07, 6.45) is -0.148. The first kappa shape index (κ1) is 21.3. The van der Waals surface area contributed by atoms with Crippen molar-refractivity contribution in [3.05, 3.63) is 93.5 Å². The molecule has 0 bridgehead atoms. The van der Waals surface area contributed by atoms with Crippen molar-refractivity contribution in [2.45, 2.75) is 24.8 Å². The van der Waals surface area contributed by atoms with Gasteiger partial charge in [-0.2, -0.15) is 0 Å². The summed E-state index contributed by atoms with van der Waals surface area (Å²) in [6, 6.07) is 16.6. The second kappa shape index (κ2) is 8.96. The molecule has 30 heavy (non-hydrogen) atoms. The van der Waals surface area contributed by atoms with Crippen LogP contribution in [0.15, 0.2) is 74.8 Å². The molecule has 0 fully saturated rings. The molecule has 0 radical (unpaired) electrons. The summed E-state index contributed by atoms with van der Waals surface area (Å²) >= 11 is 0. The topological polar surface area (TPSA) is 111 Å². The van der Waals surface area contributed by atoms with E-state index in [1.165, 1.54) is 6.07 Å². The Balaban J connectivity index is 1.82. The first-order valence-corrected chi connectivity index (χ1v) is 10.8. The van der Waals surface area contributed by atoms with Gasteiger partial charge in [0.25, 0.3) is 5.76 Å². The van der Waals surface area contributed by atoms with Crippen molar-refractivity contribution in [1.82, 2.24) is 0 Å². The van der Waals surface area contributed by atoms with Gasteiger partial charge in [-0.3, -0.25) is 4.79 Å². The van der Waals surface area contributed by atoms with Gasteiger partial charge in [0.2, 0.25) is 11.2 Å². The summed E-state index contributed by atoms with van der Waals surface area (Å²) in [6.45, 7) is 1.68. The molecule has 1 heterocycles. The number of hydrogen-bond acceptors (Lipinski definition) is 6. The maximum atomic E-state index is 12.6. The molecule has 7 nitrogen and oxygen atoms in total. The summed E-state index contributed by atoms with van der Waals surface area (Å²) in [5, 5.41) is 9.42. The lowest BCUT2D eigenvalue weighted by Crippen LogP contribution is -2.16. The largest absolute Gasteiger partial charge is 0.481 e. The van der Waals surface area contributed by atoms with Crippen LogP contribution < -0.4 is 10.2 Å². The van der Waals surface area contributed by atoms with Gasteiger partial charge in [-0.15, -0.1) is 0 Å². The maximum absolute atomic E-state index is 12.6. The third-order valence-electron chi connectivity index (χ3n) is 4.42. The molecule has 0 aliphatic carbocycles. The lowest BCUT2D eigenvalue weighted by Gasteiger charge is -2.10. The van der Waals surface area contributed by atoms with Crippen molar-refractivity contribution >= 4 is 15.8 Å². The minimum atomic E-state index is -3.63. The Kier molecular flexibility index (Phi) is 6.37. The number of aromatic carboxylic acids is 1. The highest BCUT2D eigenvalue weighted by molar-refractivity contribution is 7.91. The van der Waals surface area contributed by atoms with Crippen LogP contribution in [-0.2, 0) is 22.9 Å². The van der Waals surface area contributed by atoms with Gasteiger partial charge in [0, 0.05) is 12.5 Å². The Morgan fingerprint density at radius 1 is 1.07 bits per heavy atom.